The zero-order valence-electron chi connectivity index (χ0n) is 11.3. The van der Waals surface area contributed by atoms with Crippen LogP contribution in [0.3, 0.4) is 0 Å². The minimum absolute atomic E-state index is 0.00886. The third kappa shape index (κ3) is 3.34. The Hall–Kier alpha value is -1.32. The lowest BCUT2D eigenvalue weighted by Crippen LogP contribution is -2.27. The third-order valence-corrected chi connectivity index (χ3v) is 4.05. The monoisotopic (exact) mass is 249 g/mol. The van der Waals surface area contributed by atoms with Crippen molar-refractivity contribution in [3.63, 3.8) is 0 Å². The molecule has 1 aromatic heterocycles. The Kier molecular flexibility index (Phi) is 4.39. The van der Waals surface area contributed by atoms with Crippen molar-refractivity contribution in [2.45, 2.75) is 46.0 Å². The molecule has 0 aromatic carbocycles. The van der Waals surface area contributed by atoms with E-state index in [4.69, 9.17) is 0 Å². The van der Waals surface area contributed by atoms with Gasteiger partial charge in [-0.25, -0.2) is 0 Å². The van der Waals surface area contributed by atoms with E-state index < -0.39 is 0 Å². The molecule has 1 amide bonds. The highest BCUT2D eigenvalue weighted by molar-refractivity contribution is 5.94. The molecule has 1 fully saturated rings. The van der Waals surface area contributed by atoms with Gasteiger partial charge in [-0.05, 0) is 25.2 Å². The molecule has 1 aliphatic carbocycles. The minimum Gasteiger partial charge on any atom is -0.352 e. The zero-order chi connectivity index (χ0) is 13.0. The van der Waals surface area contributed by atoms with Gasteiger partial charge in [0.05, 0.1) is 11.8 Å². The molecule has 0 spiro atoms. The van der Waals surface area contributed by atoms with Crippen molar-refractivity contribution < 1.29 is 4.79 Å². The van der Waals surface area contributed by atoms with Gasteiger partial charge in [0.1, 0.15) is 0 Å². The van der Waals surface area contributed by atoms with Gasteiger partial charge >= 0.3 is 0 Å². The number of nitrogens with zero attached hydrogens (tertiary/aromatic N) is 1. The summed E-state index contributed by atoms with van der Waals surface area (Å²) in [6.45, 7) is 4.98. The van der Waals surface area contributed by atoms with Crippen LogP contribution in [0.25, 0.3) is 0 Å². The van der Waals surface area contributed by atoms with E-state index in [9.17, 15) is 4.79 Å². The van der Waals surface area contributed by atoms with Gasteiger partial charge in [-0.1, -0.05) is 32.6 Å². The van der Waals surface area contributed by atoms with Crippen LogP contribution in [0, 0.1) is 18.8 Å². The Bertz CT molecular complexity index is 391. The molecule has 100 valence electrons. The second-order valence-electron chi connectivity index (χ2n) is 5.58. The van der Waals surface area contributed by atoms with Crippen molar-refractivity contribution in [2.75, 3.05) is 6.54 Å². The summed E-state index contributed by atoms with van der Waals surface area (Å²) in [6.07, 6.45) is 8.03. The van der Waals surface area contributed by atoms with Gasteiger partial charge in [-0.15, -0.1) is 0 Å². The number of hydrogen-bond donors (Lipinski definition) is 2. The highest BCUT2D eigenvalue weighted by Gasteiger charge is 2.18. The molecule has 0 unspecified atom stereocenters. The fourth-order valence-corrected chi connectivity index (χ4v) is 2.68. The normalized spacial score (nSPS) is 23.9. The number of carbonyl (C=O) groups is 1. The van der Waals surface area contributed by atoms with Gasteiger partial charge in [0.2, 0.25) is 0 Å². The van der Waals surface area contributed by atoms with E-state index in [1.807, 2.05) is 6.92 Å². The summed E-state index contributed by atoms with van der Waals surface area (Å²) in [5.41, 5.74) is 1.49. The zero-order valence-corrected chi connectivity index (χ0v) is 11.3. The van der Waals surface area contributed by atoms with Crippen LogP contribution in [-0.2, 0) is 0 Å². The van der Waals surface area contributed by atoms with Gasteiger partial charge in [-0.2, -0.15) is 5.10 Å². The molecular weight excluding hydrogens is 226 g/mol. The van der Waals surface area contributed by atoms with E-state index >= 15 is 0 Å². The van der Waals surface area contributed by atoms with Crippen molar-refractivity contribution in [1.29, 1.82) is 0 Å². The van der Waals surface area contributed by atoms with E-state index in [1.165, 1.54) is 25.7 Å². The summed E-state index contributed by atoms with van der Waals surface area (Å²) in [6, 6.07) is 0. The molecule has 4 heteroatoms. The first-order valence-corrected chi connectivity index (χ1v) is 6.95. The lowest BCUT2D eigenvalue weighted by Gasteiger charge is -2.26. The van der Waals surface area contributed by atoms with E-state index in [-0.39, 0.29) is 5.91 Å². The van der Waals surface area contributed by atoms with Crippen LogP contribution in [0.1, 0.15) is 55.1 Å². The highest BCUT2D eigenvalue weighted by Crippen LogP contribution is 2.29. The van der Waals surface area contributed by atoms with Gasteiger partial charge in [0.15, 0.2) is 0 Å². The van der Waals surface area contributed by atoms with Crippen molar-refractivity contribution >= 4 is 5.91 Å². The number of H-pyrrole nitrogens is 1. The summed E-state index contributed by atoms with van der Waals surface area (Å²) >= 11 is 0. The average molecular weight is 249 g/mol. The van der Waals surface area contributed by atoms with Crippen LogP contribution >= 0.6 is 0 Å². The van der Waals surface area contributed by atoms with Crippen LogP contribution in [0.4, 0.5) is 0 Å². The Morgan fingerprint density at radius 1 is 1.44 bits per heavy atom. The first-order valence-electron chi connectivity index (χ1n) is 6.95. The largest absolute Gasteiger partial charge is 0.352 e. The van der Waals surface area contributed by atoms with Crippen LogP contribution in [-0.4, -0.2) is 22.6 Å². The topological polar surface area (TPSA) is 57.8 Å². The SMILES string of the molecule is Cc1[nH]ncc1C(=O)NCCC1CCC(C)CC1. The number of carbonyl (C=O) groups excluding carboxylic acids is 1. The molecule has 0 saturated heterocycles. The van der Waals surface area contributed by atoms with E-state index in [1.54, 1.807) is 6.20 Å². The summed E-state index contributed by atoms with van der Waals surface area (Å²) in [5, 5.41) is 9.63. The quantitative estimate of drug-likeness (QED) is 0.862. The van der Waals surface area contributed by atoms with E-state index in [0.29, 0.717) is 5.56 Å². The van der Waals surface area contributed by atoms with Gasteiger partial charge in [-0.3, -0.25) is 9.89 Å². The Balaban J connectivity index is 1.69. The highest BCUT2D eigenvalue weighted by atomic mass is 16.1. The molecule has 4 nitrogen and oxygen atoms in total. The smallest absolute Gasteiger partial charge is 0.254 e. The molecule has 1 aromatic rings. The molecule has 0 aliphatic heterocycles. The van der Waals surface area contributed by atoms with Gasteiger partial charge < -0.3 is 5.32 Å². The van der Waals surface area contributed by atoms with E-state index in [0.717, 1.165) is 30.5 Å². The lowest BCUT2D eigenvalue weighted by molar-refractivity contribution is 0.0949. The lowest BCUT2D eigenvalue weighted by atomic mass is 9.81. The fourth-order valence-electron chi connectivity index (χ4n) is 2.68. The van der Waals surface area contributed by atoms with Crippen molar-refractivity contribution in [1.82, 2.24) is 15.5 Å². The molecule has 18 heavy (non-hydrogen) atoms. The standard InChI is InChI=1S/C14H23N3O/c1-10-3-5-12(6-4-10)7-8-15-14(18)13-9-16-17-11(13)2/h9-10,12H,3-8H2,1-2H3,(H,15,18)(H,16,17). The van der Waals surface area contributed by atoms with Crippen molar-refractivity contribution in [2.24, 2.45) is 11.8 Å². The Labute approximate surface area is 109 Å². The van der Waals surface area contributed by atoms with Gasteiger partial charge in [0.25, 0.3) is 5.91 Å². The second kappa shape index (κ2) is 6.03. The van der Waals surface area contributed by atoms with Crippen molar-refractivity contribution in [3.05, 3.63) is 17.5 Å². The molecule has 0 atom stereocenters. The summed E-state index contributed by atoms with van der Waals surface area (Å²) in [4.78, 5) is 11.8. The summed E-state index contributed by atoms with van der Waals surface area (Å²) in [7, 11) is 0. The number of amides is 1. The van der Waals surface area contributed by atoms with Crippen LogP contribution in [0.15, 0.2) is 6.20 Å². The number of aromatic nitrogens is 2. The Morgan fingerprint density at radius 3 is 2.78 bits per heavy atom. The number of nitrogens with one attached hydrogen (secondary N) is 2. The van der Waals surface area contributed by atoms with E-state index in [2.05, 4.69) is 22.4 Å². The number of aromatic amines is 1. The molecule has 1 aliphatic rings. The molecule has 0 radical (unpaired) electrons. The first kappa shape index (κ1) is 13.1. The molecule has 0 bridgehead atoms. The maximum atomic E-state index is 11.8. The molecule has 2 N–H and O–H groups in total. The molecule has 2 rings (SSSR count). The maximum Gasteiger partial charge on any atom is 0.254 e. The first-order chi connectivity index (χ1) is 8.66. The number of rotatable bonds is 4. The number of aryl methyl sites for hydroxylation is 1. The van der Waals surface area contributed by atoms with Crippen LogP contribution in [0.2, 0.25) is 0 Å². The predicted molar refractivity (Wildman–Crippen MR) is 71.4 cm³/mol. The van der Waals surface area contributed by atoms with Gasteiger partial charge in [0, 0.05) is 12.2 Å². The van der Waals surface area contributed by atoms with Crippen molar-refractivity contribution in [3.8, 4) is 0 Å². The minimum atomic E-state index is -0.00886. The van der Waals surface area contributed by atoms with Crippen LogP contribution < -0.4 is 5.32 Å². The van der Waals surface area contributed by atoms with Crippen LogP contribution in [0.5, 0.6) is 0 Å². The third-order valence-electron chi connectivity index (χ3n) is 4.05. The maximum absolute atomic E-state index is 11.8. The number of hydrogen-bond acceptors (Lipinski definition) is 2. The second-order valence-corrected chi connectivity index (χ2v) is 5.58. The predicted octanol–water partition coefficient (Wildman–Crippen LogP) is 2.66. The molecular formula is C14H23N3O. The molecule has 1 saturated carbocycles. The fraction of sp³-hybridized carbons (Fsp3) is 0.714. The summed E-state index contributed by atoms with van der Waals surface area (Å²) < 4.78 is 0. The Morgan fingerprint density at radius 2 is 2.17 bits per heavy atom. The summed E-state index contributed by atoms with van der Waals surface area (Å²) in [5.74, 6) is 1.68. The molecule has 1 heterocycles. The average Bonchev–Trinajstić information content (AvgIpc) is 2.78.